The lowest BCUT2D eigenvalue weighted by Crippen LogP contribution is -2.22. The minimum atomic E-state index is 0.300. The van der Waals surface area contributed by atoms with E-state index in [1.807, 2.05) is 6.07 Å². The quantitative estimate of drug-likeness (QED) is 0.573. The van der Waals surface area contributed by atoms with Crippen LogP contribution in [0.2, 0.25) is 0 Å². The fourth-order valence-electron chi connectivity index (χ4n) is 3.40. The van der Waals surface area contributed by atoms with Crippen LogP contribution in [0.1, 0.15) is 22.3 Å². The Morgan fingerprint density at radius 1 is 0.750 bits per heavy atom. The van der Waals surface area contributed by atoms with Gasteiger partial charge in [-0.05, 0) is 46.5 Å². The molecule has 0 saturated carbocycles. The molecule has 0 atom stereocenters. The van der Waals surface area contributed by atoms with Gasteiger partial charge in [-0.25, -0.2) is 0 Å². The molecule has 0 fully saturated rings. The lowest BCUT2D eigenvalue weighted by molar-refractivity contribution is 0.174. The van der Waals surface area contributed by atoms with Gasteiger partial charge in [0.05, 0.1) is 0 Å². The average molecular weight is 439 g/mol. The number of halogens is 1. The van der Waals surface area contributed by atoms with E-state index in [0.29, 0.717) is 13.3 Å². The molecular weight excluding hydrogens is 416 g/mol. The van der Waals surface area contributed by atoms with Crippen molar-refractivity contribution in [2.75, 3.05) is 6.79 Å². The molecule has 0 bridgehead atoms. The van der Waals surface area contributed by atoms with E-state index in [1.54, 1.807) is 0 Å². The Labute approximate surface area is 174 Å². The normalized spacial score (nSPS) is 12.5. The Bertz CT molecular complexity index is 944. The first-order chi connectivity index (χ1) is 13.7. The molecule has 3 aromatic carbocycles. The number of fused-ring (bicyclic) bond motifs is 1. The van der Waals surface area contributed by atoms with E-state index in [1.165, 1.54) is 16.7 Å². The number of rotatable bonds is 7. The van der Waals surface area contributed by atoms with Crippen LogP contribution < -0.4 is 15.2 Å². The van der Waals surface area contributed by atoms with E-state index < -0.39 is 0 Å². The van der Waals surface area contributed by atoms with Crippen molar-refractivity contribution in [2.45, 2.75) is 26.2 Å². The Balaban J connectivity index is 1.54. The van der Waals surface area contributed by atoms with Crippen LogP contribution in [0.5, 0.6) is 11.5 Å². The number of nitrogens with zero attached hydrogens (tertiary/aromatic N) is 1. The molecule has 5 heteroatoms. The molecule has 0 spiro atoms. The summed E-state index contributed by atoms with van der Waals surface area (Å²) >= 11 is 3.57. The van der Waals surface area contributed by atoms with Crippen LogP contribution in [0.3, 0.4) is 0 Å². The van der Waals surface area contributed by atoms with Crippen molar-refractivity contribution in [3.63, 3.8) is 0 Å². The molecule has 1 aliphatic rings. The highest BCUT2D eigenvalue weighted by Crippen LogP contribution is 2.33. The van der Waals surface area contributed by atoms with E-state index in [9.17, 15) is 0 Å². The van der Waals surface area contributed by atoms with Crippen LogP contribution >= 0.6 is 15.9 Å². The van der Waals surface area contributed by atoms with E-state index >= 15 is 0 Å². The zero-order valence-electron chi connectivity index (χ0n) is 15.6. The van der Waals surface area contributed by atoms with Gasteiger partial charge in [0.15, 0.2) is 11.5 Å². The minimum Gasteiger partial charge on any atom is -0.454 e. The highest BCUT2D eigenvalue weighted by atomic mass is 79.9. The highest BCUT2D eigenvalue weighted by molar-refractivity contribution is 9.10. The Morgan fingerprint density at radius 3 is 2.14 bits per heavy atom. The first kappa shape index (κ1) is 19.0. The van der Waals surface area contributed by atoms with Crippen LogP contribution in [0.4, 0.5) is 0 Å². The monoisotopic (exact) mass is 438 g/mol. The van der Waals surface area contributed by atoms with Crippen molar-refractivity contribution in [3.8, 4) is 11.5 Å². The Kier molecular flexibility index (Phi) is 5.95. The standard InChI is InChI=1S/C23H23BrN2O2/c24-21-3-1-2-19(10-21)14-26(13-18-6-4-17(12-25)5-7-18)15-20-8-9-22-23(11-20)28-16-27-22/h1-11H,12-16,25H2. The first-order valence-electron chi connectivity index (χ1n) is 9.33. The van der Waals surface area contributed by atoms with E-state index in [0.717, 1.165) is 41.2 Å². The summed E-state index contributed by atoms with van der Waals surface area (Å²) in [5.74, 6) is 1.65. The Hall–Kier alpha value is -2.34. The maximum atomic E-state index is 5.73. The van der Waals surface area contributed by atoms with Gasteiger partial charge in [-0.15, -0.1) is 0 Å². The van der Waals surface area contributed by atoms with Crippen molar-refractivity contribution >= 4 is 15.9 Å². The van der Waals surface area contributed by atoms with Crippen LogP contribution in [0.25, 0.3) is 0 Å². The summed E-state index contributed by atoms with van der Waals surface area (Å²) in [7, 11) is 0. The molecule has 0 saturated heterocycles. The van der Waals surface area contributed by atoms with Gasteiger partial charge in [0.25, 0.3) is 0 Å². The molecule has 2 N–H and O–H groups in total. The lowest BCUT2D eigenvalue weighted by atomic mass is 10.1. The van der Waals surface area contributed by atoms with Gasteiger partial charge < -0.3 is 15.2 Å². The molecule has 0 amide bonds. The average Bonchev–Trinajstić information content (AvgIpc) is 3.16. The van der Waals surface area contributed by atoms with E-state index in [2.05, 4.69) is 81.5 Å². The molecule has 4 nitrogen and oxygen atoms in total. The Morgan fingerprint density at radius 2 is 1.39 bits per heavy atom. The molecule has 1 heterocycles. The maximum Gasteiger partial charge on any atom is 0.231 e. The first-order valence-corrected chi connectivity index (χ1v) is 10.1. The topological polar surface area (TPSA) is 47.7 Å². The van der Waals surface area contributed by atoms with Crippen molar-refractivity contribution < 1.29 is 9.47 Å². The second-order valence-corrected chi connectivity index (χ2v) is 7.90. The molecule has 0 unspecified atom stereocenters. The van der Waals surface area contributed by atoms with Gasteiger partial charge in [0, 0.05) is 30.7 Å². The largest absolute Gasteiger partial charge is 0.454 e. The third-order valence-electron chi connectivity index (χ3n) is 4.80. The summed E-state index contributed by atoms with van der Waals surface area (Å²) in [6.45, 7) is 3.40. The predicted molar refractivity (Wildman–Crippen MR) is 114 cm³/mol. The van der Waals surface area contributed by atoms with Crippen molar-refractivity contribution in [3.05, 3.63) is 93.5 Å². The van der Waals surface area contributed by atoms with Crippen LogP contribution in [0, 0.1) is 0 Å². The summed E-state index contributed by atoms with van der Waals surface area (Å²) < 4.78 is 12.1. The molecule has 0 aliphatic carbocycles. The molecule has 1 aliphatic heterocycles. The van der Waals surface area contributed by atoms with Gasteiger partial charge in [0.1, 0.15) is 0 Å². The van der Waals surface area contributed by atoms with Crippen LogP contribution in [0.15, 0.2) is 71.2 Å². The molecule has 144 valence electrons. The summed E-state index contributed by atoms with van der Waals surface area (Å²) in [6.07, 6.45) is 0. The van der Waals surface area contributed by atoms with Crippen LogP contribution in [-0.2, 0) is 26.2 Å². The number of nitrogens with two attached hydrogens (primary N) is 1. The molecule has 0 aromatic heterocycles. The lowest BCUT2D eigenvalue weighted by Gasteiger charge is -2.23. The predicted octanol–water partition coefficient (Wildman–Crippen LogP) is 4.84. The summed E-state index contributed by atoms with van der Waals surface area (Å²) in [6, 6.07) is 23.2. The third kappa shape index (κ3) is 4.73. The molecule has 4 rings (SSSR count). The molecule has 28 heavy (non-hydrogen) atoms. The number of benzene rings is 3. The van der Waals surface area contributed by atoms with Crippen LogP contribution in [-0.4, -0.2) is 11.7 Å². The number of hydrogen-bond acceptors (Lipinski definition) is 4. The summed E-state index contributed by atoms with van der Waals surface area (Å²) in [5, 5.41) is 0. The molecule has 3 aromatic rings. The fourth-order valence-corrected chi connectivity index (χ4v) is 3.84. The van der Waals surface area contributed by atoms with Gasteiger partial charge in [-0.3, -0.25) is 4.90 Å². The van der Waals surface area contributed by atoms with E-state index in [-0.39, 0.29) is 0 Å². The van der Waals surface area contributed by atoms with Crippen molar-refractivity contribution in [1.82, 2.24) is 4.90 Å². The second kappa shape index (κ2) is 8.78. The molecule has 0 radical (unpaired) electrons. The summed E-state index contributed by atoms with van der Waals surface area (Å²) in [4.78, 5) is 2.43. The SMILES string of the molecule is NCc1ccc(CN(Cc2cccc(Br)c2)Cc2ccc3c(c2)OCO3)cc1. The minimum absolute atomic E-state index is 0.300. The third-order valence-corrected chi connectivity index (χ3v) is 5.30. The van der Waals surface area contributed by atoms with Crippen molar-refractivity contribution in [1.29, 1.82) is 0 Å². The highest BCUT2D eigenvalue weighted by Gasteiger charge is 2.15. The summed E-state index contributed by atoms with van der Waals surface area (Å²) in [5.41, 5.74) is 10.6. The van der Waals surface area contributed by atoms with Gasteiger partial charge >= 0.3 is 0 Å². The van der Waals surface area contributed by atoms with E-state index in [4.69, 9.17) is 15.2 Å². The van der Waals surface area contributed by atoms with Gasteiger partial charge in [-0.1, -0.05) is 58.4 Å². The second-order valence-electron chi connectivity index (χ2n) is 6.98. The fraction of sp³-hybridized carbons (Fsp3) is 0.217. The molecular formula is C23H23BrN2O2. The maximum absolute atomic E-state index is 5.73. The smallest absolute Gasteiger partial charge is 0.231 e. The zero-order chi connectivity index (χ0) is 19.3. The van der Waals surface area contributed by atoms with Gasteiger partial charge in [0.2, 0.25) is 6.79 Å². The number of ether oxygens (including phenoxy) is 2. The number of hydrogen-bond donors (Lipinski definition) is 1. The zero-order valence-corrected chi connectivity index (χ0v) is 17.2. The van der Waals surface area contributed by atoms with Gasteiger partial charge in [-0.2, -0.15) is 0 Å². The van der Waals surface area contributed by atoms with Crippen molar-refractivity contribution in [2.24, 2.45) is 5.73 Å².